The highest BCUT2D eigenvalue weighted by Gasteiger charge is 2.33. The van der Waals surface area contributed by atoms with E-state index in [4.69, 9.17) is 9.47 Å². The molecule has 27 heavy (non-hydrogen) atoms. The number of nitrogens with zero attached hydrogens (tertiary/aromatic N) is 4. The number of amides is 3. The van der Waals surface area contributed by atoms with Crippen molar-refractivity contribution in [2.24, 2.45) is 0 Å². The van der Waals surface area contributed by atoms with Crippen molar-refractivity contribution in [2.45, 2.75) is 6.92 Å². The van der Waals surface area contributed by atoms with Crippen LogP contribution in [-0.4, -0.2) is 92.2 Å². The van der Waals surface area contributed by atoms with Gasteiger partial charge < -0.3 is 24.2 Å². The van der Waals surface area contributed by atoms with E-state index < -0.39 is 0 Å². The predicted octanol–water partition coefficient (Wildman–Crippen LogP) is 0.864. The Kier molecular flexibility index (Phi) is 5.07. The van der Waals surface area contributed by atoms with Gasteiger partial charge in [-0.1, -0.05) is 6.92 Å². The number of ether oxygens (including phenoxy) is 2. The zero-order valence-electron chi connectivity index (χ0n) is 15.7. The molecule has 8 heteroatoms. The number of hydrogen-bond acceptors (Lipinski definition) is 5. The SMILES string of the molecule is CCN1CCN(C(=O)CN2CCN(c3ccc4c(c3)OCCO4)C2=O)CC1. The molecule has 3 aliphatic heterocycles. The summed E-state index contributed by atoms with van der Waals surface area (Å²) in [6.07, 6.45) is 0. The van der Waals surface area contributed by atoms with E-state index in [0.29, 0.717) is 37.8 Å². The fourth-order valence-electron chi connectivity index (χ4n) is 3.75. The van der Waals surface area contributed by atoms with Crippen molar-refractivity contribution in [3.8, 4) is 11.5 Å². The second-order valence-electron chi connectivity index (χ2n) is 7.00. The van der Waals surface area contributed by atoms with E-state index in [-0.39, 0.29) is 18.5 Å². The Balaban J connectivity index is 1.37. The number of piperazine rings is 1. The number of likely N-dealkylation sites (N-methyl/N-ethyl adjacent to an activating group) is 1. The summed E-state index contributed by atoms with van der Waals surface area (Å²) in [4.78, 5) is 32.9. The standard InChI is InChI=1S/C19H26N4O4/c1-2-20-5-7-21(8-6-20)18(24)14-22-9-10-23(19(22)25)15-3-4-16-17(13-15)27-12-11-26-16/h3-4,13H,2,5-12,14H2,1H3. The van der Waals surface area contributed by atoms with E-state index in [0.717, 1.165) is 38.4 Å². The highest BCUT2D eigenvalue weighted by molar-refractivity contribution is 5.96. The summed E-state index contributed by atoms with van der Waals surface area (Å²) < 4.78 is 11.1. The first-order valence-corrected chi connectivity index (χ1v) is 9.62. The number of carbonyl (C=O) groups excluding carboxylic acids is 2. The summed E-state index contributed by atoms with van der Waals surface area (Å²) in [7, 11) is 0. The lowest BCUT2D eigenvalue weighted by atomic mass is 10.2. The van der Waals surface area contributed by atoms with Crippen molar-refractivity contribution >= 4 is 17.6 Å². The minimum Gasteiger partial charge on any atom is -0.486 e. The first kappa shape index (κ1) is 17.9. The van der Waals surface area contributed by atoms with Crippen LogP contribution in [-0.2, 0) is 4.79 Å². The number of urea groups is 1. The Morgan fingerprint density at radius 1 is 1.00 bits per heavy atom. The highest BCUT2D eigenvalue weighted by Crippen LogP contribution is 2.35. The van der Waals surface area contributed by atoms with Gasteiger partial charge in [0.1, 0.15) is 19.8 Å². The maximum Gasteiger partial charge on any atom is 0.325 e. The van der Waals surface area contributed by atoms with Gasteiger partial charge in [-0.3, -0.25) is 9.69 Å². The Morgan fingerprint density at radius 2 is 1.74 bits per heavy atom. The van der Waals surface area contributed by atoms with Crippen LogP contribution in [0.25, 0.3) is 0 Å². The average molecular weight is 374 g/mol. The van der Waals surface area contributed by atoms with Gasteiger partial charge in [0.25, 0.3) is 0 Å². The van der Waals surface area contributed by atoms with Gasteiger partial charge in [-0.25, -0.2) is 4.79 Å². The fraction of sp³-hybridized carbons (Fsp3) is 0.579. The molecule has 3 amide bonds. The third kappa shape index (κ3) is 3.66. The Hall–Kier alpha value is -2.48. The highest BCUT2D eigenvalue weighted by atomic mass is 16.6. The lowest BCUT2D eigenvalue weighted by molar-refractivity contribution is -0.133. The molecule has 0 atom stereocenters. The lowest BCUT2D eigenvalue weighted by Crippen LogP contribution is -2.51. The molecule has 0 N–H and O–H groups in total. The summed E-state index contributed by atoms with van der Waals surface area (Å²) in [5, 5.41) is 0. The summed E-state index contributed by atoms with van der Waals surface area (Å²) in [6, 6.07) is 5.40. The van der Waals surface area contributed by atoms with E-state index in [9.17, 15) is 9.59 Å². The van der Waals surface area contributed by atoms with Crippen LogP contribution < -0.4 is 14.4 Å². The molecule has 2 saturated heterocycles. The lowest BCUT2D eigenvalue weighted by Gasteiger charge is -2.34. The molecule has 1 aromatic carbocycles. The molecule has 8 nitrogen and oxygen atoms in total. The molecule has 0 aromatic heterocycles. The normalized spacial score (nSPS) is 20.3. The number of hydrogen-bond donors (Lipinski definition) is 0. The first-order chi connectivity index (χ1) is 13.2. The van der Waals surface area contributed by atoms with E-state index in [1.807, 2.05) is 23.1 Å². The zero-order chi connectivity index (χ0) is 18.8. The van der Waals surface area contributed by atoms with E-state index in [1.54, 1.807) is 9.80 Å². The molecular formula is C19H26N4O4. The van der Waals surface area contributed by atoms with Gasteiger partial charge in [-0.05, 0) is 18.7 Å². The van der Waals surface area contributed by atoms with Crippen LogP contribution in [0.5, 0.6) is 11.5 Å². The topological polar surface area (TPSA) is 65.6 Å². The second-order valence-corrected chi connectivity index (χ2v) is 7.00. The zero-order valence-corrected chi connectivity index (χ0v) is 15.7. The number of carbonyl (C=O) groups is 2. The third-order valence-corrected chi connectivity index (χ3v) is 5.43. The molecule has 0 saturated carbocycles. The molecule has 0 bridgehead atoms. The van der Waals surface area contributed by atoms with Crippen LogP contribution in [0.4, 0.5) is 10.5 Å². The van der Waals surface area contributed by atoms with Crippen molar-refractivity contribution < 1.29 is 19.1 Å². The minimum atomic E-state index is -0.132. The van der Waals surface area contributed by atoms with Gasteiger partial charge in [0, 0.05) is 51.0 Å². The molecule has 2 fully saturated rings. The van der Waals surface area contributed by atoms with Crippen molar-refractivity contribution in [2.75, 3.05) is 70.5 Å². The minimum absolute atomic E-state index is 0.0307. The van der Waals surface area contributed by atoms with Crippen molar-refractivity contribution in [1.82, 2.24) is 14.7 Å². The van der Waals surface area contributed by atoms with Gasteiger partial charge in [-0.2, -0.15) is 0 Å². The van der Waals surface area contributed by atoms with Gasteiger partial charge in [0.2, 0.25) is 5.91 Å². The second kappa shape index (κ2) is 7.64. The summed E-state index contributed by atoms with van der Waals surface area (Å²) in [5.41, 5.74) is 0.774. The van der Waals surface area contributed by atoms with E-state index in [1.165, 1.54) is 0 Å². The quantitative estimate of drug-likeness (QED) is 0.782. The monoisotopic (exact) mass is 374 g/mol. The maximum atomic E-state index is 12.8. The smallest absolute Gasteiger partial charge is 0.325 e. The van der Waals surface area contributed by atoms with Crippen molar-refractivity contribution in [3.05, 3.63) is 18.2 Å². The summed E-state index contributed by atoms with van der Waals surface area (Å²) in [6.45, 7) is 8.73. The molecule has 4 rings (SSSR count). The molecule has 3 aliphatic rings. The van der Waals surface area contributed by atoms with Crippen LogP contribution in [0.15, 0.2) is 18.2 Å². The number of anilines is 1. The van der Waals surface area contributed by atoms with Crippen LogP contribution in [0, 0.1) is 0 Å². The predicted molar refractivity (Wildman–Crippen MR) is 100 cm³/mol. The van der Waals surface area contributed by atoms with E-state index in [2.05, 4.69) is 11.8 Å². The Labute approximate surface area is 159 Å². The van der Waals surface area contributed by atoms with Crippen LogP contribution >= 0.6 is 0 Å². The molecular weight excluding hydrogens is 348 g/mol. The molecule has 3 heterocycles. The van der Waals surface area contributed by atoms with Crippen molar-refractivity contribution in [3.63, 3.8) is 0 Å². The number of fused-ring (bicyclic) bond motifs is 1. The number of rotatable bonds is 4. The molecule has 0 unspecified atom stereocenters. The van der Waals surface area contributed by atoms with Gasteiger partial charge >= 0.3 is 6.03 Å². The van der Waals surface area contributed by atoms with Gasteiger partial charge in [0.05, 0.1) is 0 Å². The first-order valence-electron chi connectivity index (χ1n) is 9.62. The molecule has 0 spiro atoms. The summed E-state index contributed by atoms with van der Waals surface area (Å²) in [5.74, 6) is 1.40. The number of benzene rings is 1. The fourth-order valence-corrected chi connectivity index (χ4v) is 3.75. The maximum absolute atomic E-state index is 12.8. The van der Waals surface area contributed by atoms with Gasteiger partial charge in [-0.15, -0.1) is 0 Å². The Bertz CT molecular complexity index is 718. The third-order valence-electron chi connectivity index (χ3n) is 5.43. The molecule has 146 valence electrons. The van der Waals surface area contributed by atoms with Crippen LogP contribution in [0.3, 0.4) is 0 Å². The molecule has 1 aromatic rings. The van der Waals surface area contributed by atoms with Crippen molar-refractivity contribution in [1.29, 1.82) is 0 Å². The molecule has 0 aliphatic carbocycles. The molecule has 0 radical (unpaired) electrons. The van der Waals surface area contributed by atoms with E-state index >= 15 is 0 Å². The summed E-state index contributed by atoms with van der Waals surface area (Å²) >= 11 is 0. The Morgan fingerprint density at radius 3 is 2.48 bits per heavy atom. The van der Waals surface area contributed by atoms with Gasteiger partial charge in [0.15, 0.2) is 11.5 Å². The van der Waals surface area contributed by atoms with Crippen LogP contribution in [0.1, 0.15) is 6.92 Å². The average Bonchev–Trinajstić information content (AvgIpc) is 3.08. The van der Waals surface area contributed by atoms with Crippen LogP contribution in [0.2, 0.25) is 0 Å². The largest absolute Gasteiger partial charge is 0.486 e.